The van der Waals surface area contributed by atoms with Gasteiger partial charge >= 0.3 is 0 Å². The molecule has 1 aromatic rings. The highest BCUT2D eigenvalue weighted by Gasteiger charge is 2.27. The Morgan fingerprint density at radius 2 is 1.95 bits per heavy atom. The Morgan fingerprint density at radius 3 is 2.48 bits per heavy atom. The maximum absolute atomic E-state index is 12.0. The second kappa shape index (κ2) is 7.06. The lowest BCUT2D eigenvalue weighted by Crippen LogP contribution is -2.50. The number of piperazine rings is 1. The van der Waals surface area contributed by atoms with E-state index in [-0.39, 0.29) is 17.9 Å². The van der Waals surface area contributed by atoms with Crippen LogP contribution in [0.5, 0.6) is 0 Å². The summed E-state index contributed by atoms with van der Waals surface area (Å²) in [5.41, 5.74) is 0.996. The van der Waals surface area contributed by atoms with Crippen molar-refractivity contribution in [2.75, 3.05) is 26.2 Å². The zero-order valence-corrected chi connectivity index (χ0v) is 14.0. The maximum atomic E-state index is 12.0. The fourth-order valence-electron chi connectivity index (χ4n) is 2.61. The van der Waals surface area contributed by atoms with Crippen LogP contribution in [0.15, 0.2) is 28.7 Å². The van der Waals surface area contributed by atoms with Gasteiger partial charge in [0.05, 0.1) is 6.07 Å². The molecule has 4 nitrogen and oxygen atoms in total. The van der Waals surface area contributed by atoms with Crippen LogP contribution < -0.4 is 0 Å². The van der Waals surface area contributed by atoms with Crippen molar-refractivity contribution >= 4 is 21.8 Å². The third kappa shape index (κ3) is 3.84. The van der Waals surface area contributed by atoms with Gasteiger partial charge in [-0.1, -0.05) is 41.9 Å². The van der Waals surface area contributed by atoms with Gasteiger partial charge in [-0.2, -0.15) is 5.26 Å². The number of carbonyl (C=O) groups excluding carboxylic acids is 1. The van der Waals surface area contributed by atoms with Crippen molar-refractivity contribution in [3.63, 3.8) is 0 Å². The van der Waals surface area contributed by atoms with Gasteiger partial charge in [-0.15, -0.1) is 0 Å². The Hall–Kier alpha value is -1.38. The summed E-state index contributed by atoms with van der Waals surface area (Å²) in [6, 6.07) is 10.00. The number of carbonyl (C=O) groups is 1. The minimum Gasteiger partial charge on any atom is -0.340 e. The molecule has 0 aromatic heterocycles. The van der Waals surface area contributed by atoms with Gasteiger partial charge in [-0.05, 0) is 17.7 Å². The standard InChI is InChI=1S/C16H20BrN3O/c1-12(2)16(21)20-8-6-19(7-9-20)15(11-18)13-4-3-5-14(17)10-13/h3-5,10,12,15H,6-9H2,1-2H3. The molecule has 0 aliphatic carbocycles. The fourth-order valence-corrected chi connectivity index (χ4v) is 3.03. The first-order chi connectivity index (χ1) is 10.0. The van der Waals surface area contributed by atoms with Crippen molar-refractivity contribution < 1.29 is 4.79 Å². The van der Waals surface area contributed by atoms with E-state index in [1.54, 1.807) is 0 Å². The molecule has 1 saturated heterocycles. The van der Waals surface area contributed by atoms with Gasteiger partial charge in [0.25, 0.3) is 0 Å². The summed E-state index contributed by atoms with van der Waals surface area (Å²) in [6.07, 6.45) is 0. The molecule has 1 aromatic carbocycles. The Balaban J connectivity index is 2.03. The summed E-state index contributed by atoms with van der Waals surface area (Å²) in [6.45, 7) is 6.72. The first kappa shape index (κ1) is 16.0. The number of nitrogens with zero attached hydrogens (tertiary/aromatic N) is 3. The molecule has 0 radical (unpaired) electrons. The lowest BCUT2D eigenvalue weighted by molar-refractivity contribution is -0.136. The Labute approximate surface area is 134 Å². The zero-order valence-electron chi connectivity index (χ0n) is 12.4. The van der Waals surface area contributed by atoms with E-state index in [1.165, 1.54) is 0 Å². The lowest BCUT2D eigenvalue weighted by Gasteiger charge is -2.37. The van der Waals surface area contributed by atoms with Crippen molar-refractivity contribution in [3.8, 4) is 6.07 Å². The van der Waals surface area contributed by atoms with Crippen LogP contribution in [0.2, 0.25) is 0 Å². The van der Waals surface area contributed by atoms with Crippen molar-refractivity contribution in [1.82, 2.24) is 9.80 Å². The van der Waals surface area contributed by atoms with E-state index in [0.717, 1.165) is 23.1 Å². The molecule has 112 valence electrons. The number of amides is 1. The Bertz CT molecular complexity index is 545. The fraction of sp³-hybridized carbons (Fsp3) is 0.500. The van der Waals surface area contributed by atoms with Gasteiger partial charge in [0.1, 0.15) is 6.04 Å². The van der Waals surface area contributed by atoms with Crippen LogP contribution in [0.1, 0.15) is 25.5 Å². The topological polar surface area (TPSA) is 47.3 Å². The lowest BCUT2D eigenvalue weighted by atomic mass is 10.1. The second-order valence-corrected chi connectivity index (χ2v) is 6.52. The van der Waals surface area contributed by atoms with E-state index in [1.807, 2.05) is 43.0 Å². The van der Waals surface area contributed by atoms with Gasteiger partial charge in [0.15, 0.2) is 0 Å². The molecular formula is C16H20BrN3O. The summed E-state index contributed by atoms with van der Waals surface area (Å²) in [4.78, 5) is 16.0. The Morgan fingerprint density at radius 1 is 1.29 bits per heavy atom. The number of hydrogen-bond donors (Lipinski definition) is 0. The van der Waals surface area contributed by atoms with Crippen LogP contribution in [0.3, 0.4) is 0 Å². The number of rotatable bonds is 3. The van der Waals surface area contributed by atoms with Crippen LogP contribution in [0, 0.1) is 17.2 Å². The first-order valence-electron chi connectivity index (χ1n) is 7.21. The van der Waals surface area contributed by atoms with Gasteiger partial charge in [-0.25, -0.2) is 0 Å². The number of benzene rings is 1. The maximum Gasteiger partial charge on any atom is 0.225 e. The van der Waals surface area contributed by atoms with E-state index >= 15 is 0 Å². The van der Waals surface area contributed by atoms with E-state index in [0.29, 0.717) is 13.1 Å². The molecule has 1 aliphatic heterocycles. The van der Waals surface area contributed by atoms with Gasteiger partial charge < -0.3 is 4.90 Å². The third-order valence-corrected chi connectivity index (χ3v) is 4.26. The highest BCUT2D eigenvalue weighted by Crippen LogP contribution is 2.24. The number of halogens is 1. The predicted octanol–water partition coefficient (Wildman–Crippen LogP) is 2.81. The van der Waals surface area contributed by atoms with Crippen molar-refractivity contribution in [2.45, 2.75) is 19.9 Å². The summed E-state index contributed by atoms with van der Waals surface area (Å²) < 4.78 is 0.980. The minimum atomic E-state index is -0.251. The van der Waals surface area contributed by atoms with E-state index in [2.05, 4.69) is 26.9 Å². The second-order valence-electron chi connectivity index (χ2n) is 5.60. The molecule has 5 heteroatoms. The molecule has 0 spiro atoms. The van der Waals surface area contributed by atoms with Crippen molar-refractivity contribution in [2.24, 2.45) is 5.92 Å². The molecule has 2 rings (SSSR count). The number of nitriles is 1. The minimum absolute atomic E-state index is 0.0355. The molecule has 1 aliphatic rings. The molecule has 0 saturated carbocycles. The molecule has 1 amide bonds. The average Bonchev–Trinajstić information content (AvgIpc) is 2.48. The highest BCUT2D eigenvalue weighted by molar-refractivity contribution is 9.10. The van der Waals surface area contributed by atoms with Crippen LogP contribution in [-0.2, 0) is 4.79 Å². The van der Waals surface area contributed by atoms with Gasteiger partial charge in [0, 0.05) is 36.6 Å². The molecule has 1 heterocycles. The molecular weight excluding hydrogens is 330 g/mol. The van der Waals surface area contributed by atoms with Crippen LogP contribution in [-0.4, -0.2) is 41.9 Å². The smallest absolute Gasteiger partial charge is 0.225 e. The molecule has 21 heavy (non-hydrogen) atoms. The highest BCUT2D eigenvalue weighted by atomic mass is 79.9. The molecule has 1 fully saturated rings. The largest absolute Gasteiger partial charge is 0.340 e. The average molecular weight is 350 g/mol. The summed E-state index contributed by atoms with van der Waals surface area (Å²) in [5, 5.41) is 9.50. The van der Waals surface area contributed by atoms with Crippen LogP contribution >= 0.6 is 15.9 Å². The predicted molar refractivity (Wildman–Crippen MR) is 85.5 cm³/mol. The third-order valence-electron chi connectivity index (χ3n) is 3.77. The summed E-state index contributed by atoms with van der Waals surface area (Å²) in [5.74, 6) is 0.235. The normalized spacial score (nSPS) is 17.6. The zero-order chi connectivity index (χ0) is 15.4. The quantitative estimate of drug-likeness (QED) is 0.842. The SMILES string of the molecule is CC(C)C(=O)N1CCN(C(C#N)c2cccc(Br)c2)CC1. The summed E-state index contributed by atoms with van der Waals surface area (Å²) >= 11 is 3.45. The van der Waals surface area contributed by atoms with Crippen LogP contribution in [0.4, 0.5) is 0 Å². The van der Waals surface area contributed by atoms with E-state index < -0.39 is 0 Å². The Kier molecular flexibility index (Phi) is 5.38. The molecule has 0 bridgehead atoms. The first-order valence-corrected chi connectivity index (χ1v) is 8.00. The van der Waals surface area contributed by atoms with Gasteiger partial charge in [-0.3, -0.25) is 9.69 Å². The van der Waals surface area contributed by atoms with E-state index in [9.17, 15) is 10.1 Å². The monoisotopic (exact) mass is 349 g/mol. The van der Waals surface area contributed by atoms with Gasteiger partial charge in [0.2, 0.25) is 5.91 Å². The molecule has 0 N–H and O–H groups in total. The molecule has 1 unspecified atom stereocenters. The molecule has 1 atom stereocenters. The summed E-state index contributed by atoms with van der Waals surface area (Å²) in [7, 11) is 0. The van der Waals surface area contributed by atoms with Crippen molar-refractivity contribution in [3.05, 3.63) is 34.3 Å². The van der Waals surface area contributed by atoms with Crippen LogP contribution in [0.25, 0.3) is 0 Å². The van der Waals surface area contributed by atoms with Crippen molar-refractivity contribution in [1.29, 1.82) is 5.26 Å². The number of hydrogen-bond acceptors (Lipinski definition) is 3. The van der Waals surface area contributed by atoms with E-state index in [4.69, 9.17) is 0 Å².